The number of anilines is 1. The minimum atomic E-state index is -4.44. The van der Waals surface area contributed by atoms with Crippen molar-refractivity contribution >= 4 is 34.7 Å². The molecular formula is C18H13F3N2OS2. The number of carbonyl (C=O) groups excluding carboxylic acids is 1. The molecule has 0 fully saturated rings. The molecule has 2 aromatic carbocycles. The van der Waals surface area contributed by atoms with E-state index in [1.807, 2.05) is 35.7 Å². The van der Waals surface area contributed by atoms with Gasteiger partial charge < -0.3 is 5.32 Å². The van der Waals surface area contributed by atoms with Crippen LogP contribution in [0.4, 0.5) is 18.9 Å². The van der Waals surface area contributed by atoms with Gasteiger partial charge in [-0.05, 0) is 18.2 Å². The van der Waals surface area contributed by atoms with Gasteiger partial charge in [0, 0.05) is 16.6 Å². The molecule has 0 saturated heterocycles. The SMILES string of the molecule is O=C(CSc1nc(-c2ccccc2)cs1)Nc1cccc(C(F)(F)F)c1. The average Bonchev–Trinajstić information content (AvgIpc) is 3.09. The van der Waals surface area contributed by atoms with Crippen LogP contribution in [-0.4, -0.2) is 16.6 Å². The Morgan fingerprint density at radius 3 is 2.62 bits per heavy atom. The summed E-state index contributed by atoms with van der Waals surface area (Å²) in [6.07, 6.45) is -4.44. The quantitative estimate of drug-likeness (QED) is 0.576. The summed E-state index contributed by atoms with van der Waals surface area (Å²) in [6, 6.07) is 14.2. The molecule has 1 heterocycles. The van der Waals surface area contributed by atoms with Crippen LogP contribution in [-0.2, 0) is 11.0 Å². The first-order valence-corrected chi connectivity index (χ1v) is 9.39. The number of thiazole rings is 1. The van der Waals surface area contributed by atoms with Gasteiger partial charge in [-0.25, -0.2) is 4.98 Å². The molecule has 3 aromatic rings. The molecule has 134 valence electrons. The zero-order valence-electron chi connectivity index (χ0n) is 13.3. The van der Waals surface area contributed by atoms with Crippen LogP contribution in [0.3, 0.4) is 0 Å². The summed E-state index contributed by atoms with van der Waals surface area (Å²) >= 11 is 2.67. The summed E-state index contributed by atoms with van der Waals surface area (Å²) < 4.78 is 38.8. The number of amides is 1. The van der Waals surface area contributed by atoms with Crippen LogP contribution < -0.4 is 5.32 Å². The first kappa shape index (κ1) is 18.5. The van der Waals surface area contributed by atoms with E-state index < -0.39 is 11.7 Å². The van der Waals surface area contributed by atoms with E-state index in [-0.39, 0.29) is 17.3 Å². The van der Waals surface area contributed by atoms with Gasteiger partial charge in [0.25, 0.3) is 0 Å². The highest BCUT2D eigenvalue weighted by Gasteiger charge is 2.30. The maximum Gasteiger partial charge on any atom is 0.416 e. The molecule has 1 amide bonds. The molecule has 0 bridgehead atoms. The Morgan fingerprint density at radius 2 is 1.88 bits per heavy atom. The van der Waals surface area contributed by atoms with Crippen molar-refractivity contribution in [2.45, 2.75) is 10.5 Å². The lowest BCUT2D eigenvalue weighted by molar-refractivity contribution is -0.137. The lowest BCUT2D eigenvalue weighted by Gasteiger charge is -2.09. The standard InChI is InChI=1S/C18H13F3N2OS2/c19-18(20,21)13-7-4-8-14(9-13)22-16(24)11-26-17-23-15(10-25-17)12-5-2-1-3-6-12/h1-10H,11H2,(H,22,24). The van der Waals surface area contributed by atoms with E-state index in [0.29, 0.717) is 0 Å². The normalized spacial score (nSPS) is 11.3. The summed E-state index contributed by atoms with van der Waals surface area (Å²) in [5.41, 5.74) is 1.14. The van der Waals surface area contributed by atoms with Gasteiger partial charge >= 0.3 is 6.18 Å². The second kappa shape index (κ2) is 7.92. The number of thioether (sulfide) groups is 1. The highest BCUT2D eigenvalue weighted by molar-refractivity contribution is 8.01. The minimum absolute atomic E-state index is 0.0674. The predicted octanol–water partition coefficient (Wildman–Crippen LogP) is 5.56. The van der Waals surface area contributed by atoms with E-state index in [1.54, 1.807) is 0 Å². The van der Waals surface area contributed by atoms with E-state index in [0.717, 1.165) is 27.7 Å². The number of alkyl halides is 3. The molecule has 0 aliphatic heterocycles. The Balaban J connectivity index is 1.57. The van der Waals surface area contributed by atoms with Gasteiger partial charge in [-0.3, -0.25) is 4.79 Å². The number of hydrogen-bond donors (Lipinski definition) is 1. The van der Waals surface area contributed by atoms with E-state index >= 15 is 0 Å². The summed E-state index contributed by atoms with van der Waals surface area (Å²) in [7, 11) is 0. The Labute approximate surface area is 156 Å². The molecule has 0 atom stereocenters. The number of carbonyl (C=O) groups is 1. The maximum absolute atomic E-state index is 12.7. The Hall–Kier alpha value is -2.32. The van der Waals surface area contributed by atoms with E-state index in [9.17, 15) is 18.0 Å². The lowest BCUT2D eigenvalue weighted by atomic mass is 10.2. The monoisotopic (exact) mass is 394 g/mol. The van der Waals surface area contributed by atoms with Crippen molar-refractivity contribution in [3.05, 3.63) is 65.5 Å². The molecule has 1 N–H and O–H groups in total. The molecule has 0 spiro atoms. The topological polar surface area (TPSA) is 42.0 Å². The number of aromatic nitrogens is 1. The first-order chi connectivity index (χ1) is 12.4. The number of nitrogens with one attached hydrogen (secondary N) is 1. The third-order valence-electron chi connectivity index (χ3n) is 3.35. The number of benzene rings is 2. The summed E-state index contributed by atoms with van der Waals surface area (Å²) in [6.45, 7) is 0. The molecule has 0 unspecified atom stereocenters. The summed E-state index contributed by atoms with van der Waals surface area (Å²) in [4.78, 5) is 16.4. The van der Waals surface area contributed by atoms with Crippen LogP contribution in [0.25, 0.3) is 11.3 Å². The lowest BCUT2D eigenvalue weighted by Crippen LogP contribution is -2.15. The van der Waals surface area contributed by atoms with Crippen molar-refractivity contribution in [2.75, 3.05) is 11.1 Å². The molecule has 3 rings (SSSR count). The van der Waals surface area contributed by atoms with Crippen LogP contribution in [0.15, 0.2) is 64.3 Å². The predicted molar refractivity (Wildman–Crippen MR) is 98.3 cm³/mol. The van der Waals surface area contributed by atoms with Crippen LogP contribution in [0, 0.1) is 0 Å². The van der Waals surface area contributed by atoms with Crippen molar-refractivity contribution in [1.29, 1.82) is 0 Å². The Kier molecular flexibility index (Phi) is 5.63. The number of rotatable bonds is 5. The van der Waals surface area contributed by atoms with Crippen LogP contribution in [0.5, 0.6) is 0 Å². The second-order valence-corrected chi connectivity index (χ2v) is 7.36. The van der Waals surface area contributed by atoms with Crippen molar-refractivity contribution in [1.82, 2.24) is 4.98 Å². The number of halogens is 3. The molecule has 26 heavy (non-hydrogen) atoms. The van der Waals surface area contributed by atoms with Gasteiger partial charge in [0.15, 0.2) is 4.34 Å². The molecule has 1 aromatic heterocycles. The fourth-order valence-electron chi connectivity index (χ4n) is 2.16. The third kappa shape index (κ3) is 4.86. The molecule has 0 aliphatic carbocycles. The van der Waals surface area contributed by atoms with Crippen LogP contribution >= 0.6 is 23.1 Å². The fraction of sp³-hybridized carbons (Fsp3) is 0.111. The zero-order chi connectivity index (χ0) is 18.6. The average molecular weight is 394 g/mol. The fourth-order valence-corrected chi connectivity index (χ4v) is 3.80. The van der Waals surface area contributed by atoms with Gasteiger partial charge in [-0.1, -0.05) is 48.2 Å². The molecule has 3 nitrogen and oxygen atoms in total. The molecule has 0 aliphatic rings. The first-order valence-electron chi connectivity index (χ1n) is 7.53. The van der Waals surface area contributed by atoms with Gasteiger partial charge in [0.1, 0.15) is 0 Å². The zero-order valence-corrected chi connectivity index (χ0v) is 14.9. The van der Waals surface area contributed by atoms with Crippen molar-refractivity contribution < 1.29 is 18.0 Å². The molecule has 0 radical (unpaired) electrons. The third-order valence-corrected chi connectivity index (χ3v) is 5.37. The van der Waals surface area contributed by atoms with Crippen molar-refractivity contribution in [3.8, 4) is 11.3 Å². The van der Waals surface area contributed by atoms with Crippen molar-refractivity contribution in [2.24, 2.45) is 0 Å². The molecular weight excluding hydrogens is 381 g/mol. The minimum Gasteiger partial charge on any atom is -0.325 e. The largest absolute Gasteiger partial charge is 0.416 e. The smallest absolute Gasteiger partial charge is 0.325 e. The van der Waals surface area contributed by atoms with E-state index in [1.165, 1.54) is 35.2 Å². The highest BCUT2D eigenvalue weighted by atomic mass is 32.2. The molecule has 8 heteroatoms. The number of hydrogen-bond acceptors (Lipinski definition) is 4. The second-order valence-electron chi connectivity index (χ2n) is 5.28. The van der Waals surface area contributed by atoms with Gasteiger partial charge in [-0.15, -0.1) is 11.3 Å². The van der Waals surface area contributed by atoms with Crippen LogP contribution in [0.1, 0.15) is 5.56 Å². The summed E-state index contributed by atoms with van der Waals surface area (Å²) in [5.74, 6) is -0.316. The van der Waals surface area contributed by atoms with Gasteiger partial charge in [-0.2, -0.15) is 13.2 Å². The van der Waals surface area contributed by atoms with E-state index in [4.69, 9.17) is 0 Å². The van der Waals surface area contributed by atoms with Gasteiger partial charge in [0.2, 0.25) is 5.91 Å². The highest BCUT2D eigenvalue weighted by Crippen LogP contribution is 2.31. The summed E-state index contributed by atoms with van der Waals surface area (Å²) in [5, 5.41) is 4.39. The maximum atomic E-state index is 12.7. The van der Waals surface area contributed by atoms with Crippen molar-refractivity contribution in [3.63, 3.8) is 0 Å². The Morgan fingerprint density at radius 1 is 1.12 bits per heavy atom. The van der Waals surface area contributed by atoms with E-state index in [2.05, 4.69) is 10.3 Å². The van der Waals surface area contributed by atoms with Crippen LogP contribution in [0.2, 0.25) is 0 Å². The Bertz CT molecular complexity index is 895. The number of nitrogens with zero attached hydrogens (tertiary/aromatic N) is 1. The molecule has 0 saturated carbocycles. The van der Waals surface area contributed by atoms with Gasteiger partial charge in [0.05, 0.1) is 17.0 Å².